The Hall–Kier alpha value is -1.82. The van der Waals surface area contributed by atoms with E-state index < -0.39 is 16.0 Å². The molecule has 0 aromatic heterocycles. The van der Waals surface area contributed by atoms with Crippen LogP contribution in [0.2, 0.25) is 0 Å². The zero-order valence-electron chi connectivity index (χ0n) is 12.0. The maximum Gasteiger partial charge on any atom is 0.335 e. The average Bonchev–Trinajstić information content (AvgIpc) is 2.48. The first-order valence-electron chi connectivity index (χ1n) is 7.01. The number of para-hydroxylation sites is 1. The molecule has 6 heteroatoms. The second-order valence-electron chi connectivity index (χ2n) is 4.80. The van der Waals surface area contributed by atoms with E-state index in [1.165, 1.54) is 0 Å². The largest absolute Gasteiger partial charge is 0.463 e. The fourth-order valence-corrected chi connectivity index (χ4v) is 3.82. The third-order valence-corrected chi connectivity index (χ3v) is 4.89. The lowest BCUT2D eigenvalue weighted by Crippen LogP contribution is -2.22. The molecule has 21 heavy (non-hydrogen) atoms. The standard InChI is InChI=1S/C15H19NO4S/c1-2-20-15(17)13-10-6-7-11-14(13)21(18,19)16-12-8-4-3-5-9-12/h3-5,8-9,16H,2,6-7,10-11H2,1H3. The van der Waals surface area contributed by atoms with Gasteiger partial charge < -0.3 is 4.74 Å². The summed E-state index contributed by atoms with van der Waals surface area (Å²) in [5.41, 5.74) is 0.769. The van der Waals surface area contributed by atoms with Crippen molar-refractivity contribution in [1.82, 2.24) is 0 Å². The molecule has 114 valence electrons. The molecule has 0 spiro atoms. The molecule has 1 aliphatic rings. The van der Waals surface area contributed by atoms with Gasteiger partial charge in [0.15, 0.2) is 0 Å². The fraction of sp³-hybridized carbons (Fsp3) is 0.400. The lowest BCUT2D eigenvalue weighted by Gasteiger charge is -2.20. The third-order valence-electron chi connectivity index (χ3n) is 3.29. The number of allylic oxidation sites excluding steroid dienone is 1. The first-order valence-corrected chi connectivity index (χ1v) is 8.50. The highest BCUT2D eigenvalue weighted by Gasteiger charge is 2.29. The Morgan fingerprint density at radius 2 is 1.86 bits per heavy atom. The van der Waals surface area contributed by atoms with E-state index in [2.05, 4.69) is 4.72 Å². The summed E-state index contributed by atoms with van der Waals surface area (Å²) in [6, 6.07) is 8.65. The van der Waals surface area contributed by atoms with Crippen LogP contribution in [0, 0.1) is 0 Å². The van der Waals surface area contributed by atoms with Gasteiger partial charge in [-0.1, -0.05) is 18.2 Å². The highest BCUT2D eigenvalue weighted by molar-refractivity contribution is 7.96. The second-order valence-corrected chi connectivity index (χ2v) is 6.50. The van der Waals surface area contributed by atoms with E-state index in [4.69, 9.17) is 4.74 Å². The molecule has 0 fully saturated rings. The minimum atomic E-state index is -3.72. The summed E-state index contributed by atoms with van der Waals surface area (Å²) in [6.07, 6.45) is 2.38. The van der Waals surface area contributed by atoms with Gasteiger partial charge in [0.05, 0.1) is 17.1 Å². The van der Waals surface area contributed by atoms with E-state index in [1.54, 1.807) is 31.2 Å². The van der Waals surface area contributed by atoms with Crippen molar-refractivity contribution in [2.45, 2.75) is 32.6 Å². The summed E-state index contributed by atoms with van der Waals surface area (Å²) in [7, 11) is -3.72. The molecular formula is C15H19NO4S. The minimum Gasteiger partial charge on any atom is -0.463 e. The van der Waals surface area contributed by atoms with E-state index in [0.717, 1.165) is 12.8 Å². The Bertz CT molecular complexity index is 635. The molecule has 1 aromatic rings. The van der Waals surface area contributed by atoms with Crippen molar-refractivity contribution in [2.24, 2.45) is 0 Å². The molecule has 0 heterocycles. The summed E-state index contributed by atoms with van der Waals surface area (Å²) in [5, 5.41) is 0. The summed E-state index contributed by atoms with van der Waals surface area (Å²) in [6.45, 7) is 1.94. The van der Waals surface area contributed by atoms with Gasteiger partial charge in [0.1, 0.15) is 0 Å². The van der Waals surface area contributed by atoms with Crippen molar-refractivity contribution in [3.05, 3.63) is 40.8 Å². The topological polar surface area (TPSA) is 72.5 Å². The van der Waals surface area contributed by atoms with Gasteiger partial charge in [0.25, 0.3) is 10.0 Å². The van der Waals surface area contributed by atoms with Crippen LogP contribution in [0.3, 0.4) is 0 Å². The number of carbonyl (C=O) groups is 1. The number of hydrogen-bond acceptors (Lipinski definition) is 4. The number of esters is 1. The normalized spacial score (nSPS) is 15.7. The molecule has 0 aliphatic heterocycles. The number of nitrogens with one attached hydrogen (secondary N) is 1. The molecule has 0 radical (unpaired) electrons. The summed E-state index contributed by atoms with van der Waals surface area (Å²) in [5.74, 6) is -0.523. The van der Waals surface area contributed by atoms with Crippen molar-refractivity contribution in [3.63, 3.8) is 0 Å². The van der Waals surface area contributed by atoms with Crippen molar-refractivity contribution in [2.75, 3.05) is 11.3 Å². The van der Waals surface area contributed by atoms with Crippen LogP contribution < -0.4 is 4.72 Å². The molecule has 1 aromatic carbocycles. The molecule has 1 aliphatic carbocycles. The van der Waals surface area contributed by atoms with Crippen molar-refractivity contribution in [1.29, 1.82) is 0 Å². The van der Waals surface area contributed by atoms with Gasteiger partial charge in [-0.05, 0) is 44.7 Å². The highest BCUT2D eigenvalue weighted by atomic mass is 32.2. The summed E-state index contributed by atoms with van der Waals surface area (Å²) in [4.78, 5) is 12.1. The number of benzene rings is 1. The summed E-state index contributed by atoms with van der Waals surface area (Å²) < 4.78 is 32.5. The Labute approximate surface area is 125 Å². The van der Waals surface area contributed by atoms with Crippen LogP contribution >= 0.6 is 0 Å². The lowest BCUT2D eigenvalue weighted by molar-refractivity contribution is -0.138. The van der Waals surface area contributed by atoms with E-state index >= 15 is 0 Å². The van der Waals surface area contributed by atoms with Gasteiger partial charge in [0, 0.05) is 5.69 Å². The Morgan fingerprint density at radius 3 is 2.52 bits per heavy atom. The van der Waals surface area contributed by atoms with E-state index in [1.807, 2.05) is 6.07 Å². The Kier molecular flexibility index (Phi) is 5.01. The Morgan fingerprint density at radius 1 is 1.19 bits per heavy atom. The smallest absolute Gasteiger partial charge is 0.335 e. The zero-order valence-corrected chi connectivity index (χ0v) is 12.8. The van der Waals surface area contributed by atoms with E-state index in [-0.39, 0.29) is 17.1 Å². The van der Waals surface area contributed by atoms with Crippen LogP contribution in [0.4, 0.5) is 5.69 Å². The third kappa shape index (κ3) is 3.85. The summed E-state index contributed by atoms with van der Waals surface area (Å²) >= 11 is 0. The molecule has 5 nitrogen and oxygen atoms in total. The quantitative estimate of drug-likeness (QED) is 0.849. The molecule has 0 unspecified atom stereocenters. The number of ether oxygens (including phenoxy) is 1. The number of carbonyl (C=O) groups excluding carboxylic acids is 1. The lowest BCUT2D eigenvalue weighted by atomic mass is 9.99. The van der Waals surface area contributed by atoms with Crippen molar-refractivity contribution < 1.29 is 17.9 Å². The molecular weight excluding hydrogens is 290 g/mol. The Balaban J connectivity index is 2.33. The average molecular weight is 309 g/mol. The van der Waals surface area contributed by atoms with Crippen LogP contribution in [0.1, 0.15) is 32.6 Å². The van der Waals surface area contributed by atoms with E-state index in [9.17, 15) is 13.2 Å². The molecule has 0 atom stereocenters. The molecule has 0 saturated carbocycles. The molecule has 1 N–H and O–H groups in total. The number of rotatable bonds is 5. The van der Waals surface area contributed by atoms with Gasteiger partial charge in [0.2, 0.25) is 0 Å². The predicted molar refractivity (Wildman–Crippen MR) is 81.1 cm³/mol. The molecule has 0 saturated heterocycles. The maximum atomic E-state index is 12.5. The van der Waals surface area contributed by atoms with Gasteiger partial charge in [-0.15, -0.1) is 0 Å². The fourth-order valence-electron chi connectivity index (χ4n) is 2.33. The van der Waals surface area contributed by atoms with Crippen LogP contribution in [-0.2, 0) is 19.6 Å². The van der Waals surface area contributed by atoms with Crippen molar-refractivity contribution in [3.8, 4) is 0 Å². The van der Waals surface area contributed by atoms with E-state index in [0.29, 0.717) is 18.5 Å². The maximum absolute atomic E-state index is 12.5. The van der Waals surface area contributed by atoms with Gasteiger partial charge in [-0.2, -0.15) is 0 Å². The SMILES string of the molecule is CCOC(=O)C1=C(S(=O)(=O)Nc2ccccc2)CCCC1. The zero-order chi connectivity index (χ0) is 15.3. The highest BCUT2D eigenvalue weighted by Crippen LogP contribution is 2.30. The first kappa shape index (κ1) is 15.6. The number of sulfonamides is 1. The predicted octanol–water partition coefficient (Wildman–Crippen LogP) is 2.82. The van der Waals surface area contributed by atoms with Crippen molar-refractivity contribution >= 4 is 21.7 Å². The van der Waals surface area contributed by atoms with Gasteiger partial charge in [-0.25, -0.2) is 13.2 Å². The van der Waals surface area contributed by atoms with Crippen LogP contribution in [0.5, 0.6) is 0 Å². The monoisotopic (exact) mass is 309 g/mol. The first-order chi connectivity index (χ1) is 10.0. The number of anilines is 1. The molecule has 2 rings (SSSR count). The van der Waals surface area contributed by atoms with Crippen LogP contribution in [0.25, 0.3) is 0 Å². The molecule has 0 bridgehead atoms. The van der Waals surface area contributed by atoms with Gasteiger partial charge >= 0.3 is 5.97 Å². The van der Waals surface area contributed by atoms with Crippen LogP contribution in [-0.4, -0.2) is 21.0 Å². The molecule has 0 amide bonds. The minimum absolute atomic E-state index is 0.163. The second kappa shape index (κ2) is 6.76. The van der Waals surface area contributed by atoms with Gasteiger partial charge in [-0.3, -0.25) is 4.72 Å². The number of hydrogen-bond donors (Lipinski definition) is 1. The van der Waals surface area contributed by atoms with Crippen LogP contribution in [0.15, 0.2) is 40.8 Å².